The van der Waals surface area contributed by atoms with Gasteiger partial charge in [-0.1, -0.05) is 42.5 Å². The van der Waals surface area contributed by atoms with Crippen molar-refractivity contribution >= 4 is 22.4 Å². The van der Waals surface area contributed by atoms with Gasteiger partial charge in [-0.25, -0.2) is 0 Å². The van der Waals surface area contributed by atoms with E-state index in [-0.39, 0.29) is 18.4 Å². The first kappa shape index (κ1) is 22.2. The summed E-state index contributed by atoms with van der Waals surface area (Å²) < 4.78 is 10.6. The quantitative estimate of drug-likeness (QED) is 0.514. The molecule has 0 aliphatic carbocycles. The van der Waals surface area contributed by atoms with Crippen molar-refractivity contribution in [3.05, 3.63) is 71.8 Å². The molecule has 32 heavy (non-hydrogen) atoms. The number of methoxy groups -OCH3 is 1. The zero-order valence-corrected chi connectivity index (χ0v) is 19.1. The van der Waals surface area contributed by atoms with E-state index < -0.39 is 0 Å². The van der Waals surface area contributed by atoms with Crippen LogP contribution >= 0.6 is 0 Å². The molecule has 0 spiro atoms. The monoisotopic (exact) mass is 432 g/mol. The van der Waals surface area contributed by atoms with Gasteiger partial charge in [-0.15, -0.1) is 0 Å². The molecular formula is C27H32N2O3. The molecule has 1 N–H and O–H groups in total. The fourth-order valence-electron chi connectivity index (χ4n) is 4.67. The van der Waals surface area contributed by atoms with Crippen molar-refractivity contribution in [2.24, 2.45) is 0 Å². The molecule has 1 aliphatic rings. The lowest BCUT2D eigenvalue weighted by atomic mass is 9.99. The second-order valence-electron chi connectivity index (χ2n) is 8.37. The average Bonchev–Trinajstić information content (AvgIpc) is 3.27. The summed E-state index contributed by atoms with van der Waals surface area (Å²) >= 11 is 0. The normalized spacial score (nSPS) is 16.8. The van der Waals surface area contributed by atoms with Gasteiger partial charge in [-0.05, 0) is 54.8 Å². The molecule has 3 aromatic carbocycles. The summed E-state index contributed by atoms with van der Waals surface area (Å²) in [5.74, 6) is 0.494. The fraction of sp³-hybridized carbons (Fsp3) is 0.370. The number of benzene rings is 3. The van der Waals surface area contributed by atoms with Crippen LogP contribution in [0.5, 0.6) is 5.75 Å². The number of carbonyl (C=O) groups excluding carboxylic acids is 1. The third-order valence-corrected chi connectivity index (χ3v) is 6.23. The zero-order chi connectivity index (χ0) is 22.5. The second kappa shape index (κ2) is 10.0. The van der Waals surface area contributed by atoms with Gasteiger partial charge < -0.3 is 19.7 Å². The number of rotatable bonds is 8. The lowest BCUT2D eigenvalue weighted by Gasteiger charge is -2.23. The van der Waals surface area contributed by atoms with Crippen LogP contribution in [0.25, 0.3) is 10.8 Å². The highest BCUT2D eigenvalue weighted by Crippen LogP contribution is 2.30. The molecule has 0 saturated carbocycles. The van der Waals surface area contributed by atoms with Crippen molar-refractivity contribution in [1.29, 1.82) is 0 Å². The molecule has 168 valence electrons. The summed E-state index contributed by atoms with van der Waals surface area (Å²) in [7, 11) is 1.63. The smallest absolute Gasteiger partial charge is 0.310 e. The molecular weight excluding hydrogens is 400 g/mol. The van der Waals surface area contributed by atoms with E-state index in [1.54, 1.807) is 7.11 Å². The van der Waals surface area contributed by atoms with Crippen LogP contribution in [0.1, 0.15) is 37.4 Å². The van der Waals surface area contributed by atoms with Crippen LogP contribution in [0.3, 0.4) is 0 Å². The Morgan fingerprint density at radius 1 is 1.16 bits per heavy atom. The van der Waals surface area contributed by atoms with E-state index in [1.165, 1.54) is 16.3 Å². The van der Waals surface area contributed by atoms with Gasteiger partial charge >= 0.3 is 5.97 Å². The van der Waals surface area contributed by atoms with Crippen LogP contribution in [-0.2, 0) is 16.0 Å². The van der Waals surface area contributed by atoms with Crippen molar-refractivity contribution in [1.82, 2.24) is 5.32 Å². The molecule has 1 saturated heterocycles. The Kier molecular flexibility index (Phi) is 6.96. The van der Waals surface area contributed by atoms with Crippen LogP contribution in [0.2, 0.25) is 0 Å². The summed E-state index contributed by atoms with van der Waals surface area (Å²) in [6.45, 7) is 6.36. The summed E-state index contributed by atoms with van der Waals surface area (Å²) in [6.07, 6.45) is 1.30. The Balaban J connectivity index is 1.44. The SMILES string of the molecule is CCOC(=O)Cc1cc(N2CC[C@H](N[C@H](C)c3cccc4ccccc34)C2)ccc1OC. The van der Waals surface area contributed by atoms with Crippen LogP contribution in [-0.4, -0.2) is 38.8 Å². The number of anilines is 1. The van der Waals surface area contributed by atoms with Crippen molar-refractivity contribution in [2.75, 3.05) is 31.7 Å². The third kappa shape index (κ3) is 4.89. The van der Waals surface area contributed by atoms with Crippen molar-refractivity contribution in [2.45, 2.75) is 38.8 Å². The minimum Gasteiger partial charge on any atom is -0.496 e. The Hall–Kier alpha value is -3.05. The van der Waals surface area contributed by atoms with E-state index in [2.05, 4.69) is 71.7 Å². The summed E-state index contributed by atoms with van der Waals surface area (Å²) in [4.78, 5) is 14.4. The first-order valence-corrected chi connectivity index (χ1v) is 11.4. The van der Waals surface area contributed by atoms with E-state index in [1.807, 2.05) is 13.0 Å². The third-order valence-electron chi connectivity index (χ3n) is 6.23. The summed E-state index contributed by atoms with van der Waals surface area (Å²) in [6, 6.07) is 21.8. The van der Waals surface area contributed by atoms with Crippen LogP contribution in [0.15, 0.2) is 60.7 Å². The molecule has 3 aromatic rings. The first-order valence-electron chi connectivity index (χ1n) is 11.4. The van der Waals surface area contributed by atoms with E-state index in [9.17, 15) is 4.79 Å². The molecule has 0 aromatic heterocycles. The number of ether oxygens (including phenoxy) is 2. The van der Waals surface area contributed by atoms with Gasteiger partial charge in [0.05, 0.1) is 20.1 Å². The lowest BCUT2D eigenvalue weighted by molar-refractivity contribution is -0.142. The Labute approximate surface area is 190 Å². The van der Waals surface area contributed by atoms with Gasteiger partial charge in [0, 0.05) is 36.4 Å². The maximum atomic E-state index is 12.0. The summed E-state index contributed by atoms with van der Waals surface area (Å²) in [5, 5.41) is 6.42. The first-order chi connectivity index (χ1) is 15.6. The minimum absolute atomic E-state index is 0.221. The van der Waals surface area contributed by atoms with E-state index in [0.717, 1.165) is 36.5 Å². The summed E-state index contributed by atoms with van der Waals surface area (Å²) in [5.41, 5.74) is 3.32. The highest BCUT2D eigenvalue weighted by atomic mass is 16.5. The molecule has 1 heterocycles. The van der Waals surface area contributed by atoms with Gasteiger partial charge in [0.2, 0.25) is 0 Å². The predicted molar refractivity (Wildman–Crippen MR) is 129 cm³/mol. The number of esters is 1. The van der Waals surface area contributed by atoms with Crippen molar-refractivity contribution in [3.63, 3.8) is 0 Å². The highest BCUT2D eigenvalue weighted by molar-refractivity contribution is 5.86. The topological polar surface area (TPSA) is 50.8 Å². The highest BCUT2D eigenvalue weighted by Gasteiger charge is 2.25. The van der Waals surface area contributed by atoms with Crippen molar-refractivity contribution < 1.29 is 14.3 Å². The van der Waals surface area contributed by atoms with Gasteiger partial charge in [0.25, 0.3) is 0 Å². The van der Waals surface area contributed by atoms with Crippen LogP contribution < -0.4 is 15.0 Å². The molecule has 0 bridgehead atoms. The standard InChI is InChI=1S/C27H32N2O3/c1-4-32-27(30)17-21-16-23(12-13-26(21)31-3)29-15-14-22(18-29)28-19(2)24-11-7-9-20-8-5-6-10-25(20)24/h5-13,16,19,22,28H,4,14-15,17-18H2,1-3H3/t19-,22+/m1/s1. The second-order valence-corrected chi connectivity index (χ2v) is 8.37. The largest absolute Gasteiger partial charge is 0.496 e. The molecule has 5 heteroatoms. The molecule has 0 amide bonds. The van der Waals surface area contributed by atoms with Gasteiger partial charge in [0.15, 0.2) is 0 Å². The maximum Gasteiger partial charge on any atom is 0.310 e. The molecule has 1 aliphatic heterocycles. The number of nitrogens with zero attached hydrogens (tertiary/aromatic N) is 1. The fourth-order valence-corrected chi connectivity index (χ4v) is 4.67. The Morgan fingerprint density at radius 2 is 1.97 bits per heavy atom. The Morgan fingerprint density at radius 3 is 2.78 bits per heavy atom. The number of nitrogens with one attached hydrogen (secondary N) is 1. The molecule has 5 nitrogen and oxygen atoms in total. The molecule has 2 atom stereocenters. The molecule has 0 radical (unpaired) electrons. The number of hydrogen-bond acceptors (Lipinski definition) is 5. The average molecular weight is 433 g/mol. The maximum absolute atomic E-state index is 12.0. The molecule has 1 fully saturated rings. The van der Waals surface area contributed by atoms with Crippen molar-refractivity contribution in [3.8, 4) is 5.75 Å². The van der Waals surface area contributed by atoms with Crippen LogP contribution in [0.4, 0.5) is 5.69 Å². The predicted octanol–water partition coefficient (Wildman–Crippen LogP) is 4.88. The molecule has 4 rings (SSSR count). The number of carbonyl (C=O) groups is 1. The van der Waals surface area contributed by atoms with Crippen LogP contribution in [0, 0.1) is 0 Å². The zero-order valence-electron chi connectivity index (χ0n) is 19.1. The van der Waals surface area contributed by atoms with E-state index >= 15 is 0 Å². The Bertz CT molecular complexity index is 1080. The van der Waals surface area contributed by atoms with E-state index in [4.69, 9.17) is 9.47 Å². The number of hydrogen-bond donors (Lipinski definition) is 1. The van der Waals surface area contributed by atoms with E-state index in [0.29, 0.717) is 12.6 Å². The van der Waals surface area contributed by atoms with Gasteiger partial charge in [0.1, 0.15) is 5.75 Å². The lowest BCUT2D eigenvalue weighted by Crippen LogP contribution is -2.34. The molecule has 0 unspecified atom stereocenters. The van der Waals surface area contributed by atoms with Gasteiger partial charge in [-0.3, -0.25) is 4.79 Å². The number of fused-ring (bicyclic) bond motifs is 1. The van der Waals surface area contributed by atoms with Gasteiger partial charge in [-0.2, -0.15) is 0 Å². The minimum atomic E-state index is -0.229.